The van der Waals surface area contributed by atoms with Crippen molar-refractivity contribution in [3.8, 4) is 0 Å². The topological polar surface area (TPSA) is 78.5 Å². The zero-order valence-electron chi connectivity index (χ0n) is 15.5. The smallest absolute Gasteiger partial charge is 0.230 e. The van der Waals surface area contributed by atoms with Crippen LogP contribution in [0.5, 0.6) is 0 Å². The monoisotopic (exact) mass is 358 g/mol. The summed E-state index contributed by atoms with van der Waals surface area (Å²) in [6.07, 6.45) is 7.17. The first-order valence-corrected chi connectivity index (χ1v) is 9.41. The number of carbonyl (C=O) groups excluding carboxylic acids is 2. The Hall–Kier alpha value is -2.15. The molecule has 2 amide bonds. The molecule has 0 radical (unpaired) electrons. The van der Waals surface area contributed by atoms with Crippen LogP contribution in [0, 0.1) is 11.8 Å². The number of hydrogen-bond donors (Lipinski definition) is 1. The maximum atomic E-state index is 13.2. The maximum absolute atomic E-state index is 13.2. The van der Waals surface area contributed by atoms with Crippen LogP contribution in [0.4, 0.5) is 0 Å². The number of likely N-dealkylation sites (tertiary alicyclic amines) is 1. The second-order valence-electron chi connectivity index (χ2n) is 7.61. The average Bonchev–Trinajstić information content (AvgIpc) is 3.38. The number of nitrogens with one attached hydrogen (secondary N) is 1. The lowest BCUT2D eigenvalue weighted by Crippen LogP contribution is -2.45. The van der Waals surface area contributed by atoms with Gasteiger partial charge in [0.05, 0.1) is 36.7 Å². The summed E-state index contributed by atoms with van der Waals surface area (Å²) in [6.45, 7) is 5.20. The Morgan fingerprint density at radius 2 is 2.27 bits per heavy atom. The highest BCUT2D eigenvalue weighted by Gasteiger charge is 2.67. The van der Waals surface area contributed by atoms with Crippen LogP contribution in [0.2, 0.25) is 0 Å². The van der Waals surface area contributed by atoms with E-state index in [0.29, 0.717) is 13.1 Å². The second-order valence-corrected chi connectivity index (χ2v) is 7.61. The minimum Gasteiger partial charge on any atom is -0.360 e. The zero-order valence-corrected chi connectivity index (χ0v) is 15.5. The molecule has 0 aliphatic carbocycles. The van der Waals surface area contributed by atoms with Crippen LogP contribution in [0.25, 0.3) is 0 Å². The summed E-state index contributed by atoms with van der Waals surface area (Å²) in [5.41, 5.74) is 0.242. The SMILES string of the molecule is CCC(CC)N1C[C@]23C=C[C@H](O2)[C@@H](C(=O)N(C)Cc2ccn[nH]2)[C@@H]3C1=O. The molecule has 0 saturated carbocycles. The van der Waals surface area contributed by atoms with Gasteiger partial charge in [-0.3, -0.25) is 14.7 Å². The molecule has 3 aliphatic heterocycles. The Kier molecular flexibility index (Phi) is 4.14. The molecule has 0 unspecified atom stereocenters. The van der Waals surface area contributed by atoms with E-state index in [2.05, 4.69) is 24.0 Å². The number of amides is 2. The molecule has 3 aliphatic rings. The van der Waals surface area contributed by atoms with E-state index >= 15 is 0 Å². The van der Waals surface area contributed by atoms with Gasteiger partial charge in [-0.2, -0.15) is 5.10 Å². The fourth-order valence-corrected chi connectivity index (χ4v) is 4.81. The largest absolute Gasteiger partial charge is 0.360 e. The van der Waals surface area contributed by atoms with Crippen LogP contribution in [0.3, 0.4) is 0 Å². The number of aromatic amines is 1. The molecule has 1 aromatic heterocycles. The Labute approximate surface area is 153 Å². The first-order chi connectivity index (χ1) is 12.5. The van der Waals surface area contributed by atoms with Gasteiger partial charge in [-0.25, -0.2) is 0 Å². The Morgan fingerprint density at radius 1 is 1.50 bits per heavy atom. The molecular formula is C19H26N4O3. The molecular weight excluding hydrogens is 332 g/mol. The van der Waals surface area contributed by atoms with Crippen LogP contribution in [0.1, 0.15) is 32.4 Å². The van der Waals surface area contributed by atoms with Gasteiger partial charge in [0.25, 0.3) is 0 Å². The van der Waals surface area contributed by atoms with Crippen LogP contribution in [-0.2, 0) is 20.9 Å². The number of aromatic nitrogens is 2. The number of fused-ring (bicyclic) bond motifs is 1. The molecule has 140 valence electrons. The third-order valence-electron chi connectivity index (χ3n) is 6.14. The summed E-state index contributed by atoms with van der Waals surface area (Å²) in [7, 11) is 1.77. The number of H-pyrrole nitrogens is 1. The predicted molar refractivity (Wildman–Crippen MR) is 94.9 cm³/mol. The third-order valence-corrected chi connectivity index (χ3v) is 6.14. The van der Waals surface area contributed by atoms with Crippen molar-refractivity contribution >= 4 is 11.8 Å². The number of hydrogen-bond acceptors (Lipinski definition) is 4. The molecule has 2 bridgehead atoms. The van der Waals surface area contributed by atoms with E-state index in [1.165, 1.54) is 0 Å². The van der Waals surface area contributed by atoms with E-state index in [-0.39, 0.29) is 24.0 Å². The highest BCUT2D eigenvalue weighted by atomic mass is 16.5. The number of ether oxygens (including phenoxy) is 1. The molecule has 1 aromatic rings. The summed E-state index contributed by atoms with van der Waals surface area (Å²) in [5.74, 6) is -0.825. The first-order valence-electron chi connectivity index (χ1n) is 9.41. The lowest BCUT2D eigenvalue weighted by atomic mass is 9.76. The number of rotatable bonds is 6. The molecule has 7 nitrogen and oxygen atoms in total. The molecule has 4 heterocycles. The van der Waals surface area contributed by atoms with Crippen molar-refractivity contribution in [3.05, 3.63) is 30.1 Å². The molecule has 2 fully saturated rings. The van der Waals surface area contributed by atoms with E-state index in [1.54, 1.807) is 18.1 Å². The lowest BCUT2D eigenvalue weighted by molar-refractivity contribution is -0.143. The number of nitrogens with zero attached hydrogens (tertiary/aromatic N) is 3. The van der Waals surface area contributed by atoms with Gasteiger partial charge in [-0.15, -0.1) is 0 Å². The minimum atomic E-state index is -0.626. The van der Waals surface area contributed by atoms with Gasteiger partial charge in [-0.1, -0.05) is 26.0 Å². The van der Waals surface area contributed by atoms with E-state index < -0.39 is 17.4 Å². The molecule has 26 heavy (non-hydrogen) atoms. The van der Waals surface area contributed by atoms with Gasteiger partial charge < -0.3 is 14.5 Å². The normalized spacial score (nSPS) is 31.9. The molecule has 2 saturated heterocycles. The molecule has 4 atom stereocenters. The zero-order chi connectivity index (χ0) is 18.5. The highest BCUT2D eigenvalue weighted by molar-refractivity contribution is 5.93. The highest BCUT2D eigenvalue weighted by Crippen LogP contribution is 2.52. The van der Waals surface area contributed by atoms with Crippen LogP contribution < -0.4 is 0 Å². The average molecular weight is 358 g/mol. The van der Waals surface area contributed by atoms with Gasteiger partial charge in [0.1, 0.15) is 5.60 Å². The third kappa shape index (κ3) is 2.40. The van der Waals surface area contributed by atoms with Crippen molar-refractivity contribution in [3.63, 3.8) is 0 Å². The second kappa shape index (κ2) is 6.23. The Balaban J connectivity index is 1.57. The standard InChI is InChI=1S/C19H26N4O3/c1-4-13(5-2)23-11-19-8-6-14(26-19)15(16(19)18(23)25)17(24)22(3)10-12-7-9-20-21-12/h6-9,13-16H,4-5,10-11H2,1-3H3,(H,20,21)/t14-,15+,16+,19-/m0/s1. The lowest BCUT2D eigenvalue weighted by Gasteiger charge is -2.29. The van der Waals surface area contributed by atoms with Crippen LogP contribution in [-0.4, -0.2) is 63.2 Å². The fraction of sp³-hybridized carbons (Fsp3) is 0.632. The van der Waals surface area contributed by atoms with E-state index in [4.69, 9.17) is 4.74 Å². The predicted octanol–water partition coefficient (Wildman–Crippen LogP) is 1.34. The van der Waals surface area contributed by atoms with Crippen molar-refractivity contribution in [1.29, 1.82) is 0 Å². The van der Waals surface area contributed by atoms with Crippen molar-refractivity contribution in [1.82, 2.24) is 20.0 Å². The van der Waals surface area contributed by atoms with Crippen LogP contribution >= 0.6 is 0 Å². The molecule has 0 aromatic carbocycles. The van der Waals surface area contributed by atoms with Crippen molar-refractivity contribution in [2.24, 2.45) is 11.8 Å². The van der Waals surface area contributed by atoms with Crippen LogP contribution in [0.15, 0.2) is 24.4 Å². The molecule has 1 N–H and O–H groups in total. The van der Waals surface area contributed by atoms with E-state index in [1.807, 2.05) is 23.1 Å². The first kappa shape index (κ1) is 17.3. The summed E-state index contributed by atoms with van der Waals surface area (Å²) < 4.78 is 6.20. The van der Waals surface area contributed by atoms with Gasteiger partial charge in [0.2, 0.25) is 11.8 Å². The molecule has 1 spiro atoms. The minimum absolute atomic E-state index is 0.0411. The van der Waals surface area contributed by atoms with Gasteiger partial charge in [0, 0.05) is 19.3 Å². The van der Waals surface area contributed by atoms with Crippen molar-refractivity contribution in [2.45, 2.75) is 51.0 Å². The van der Waals surface area contributed by atoms with Crippen molar-refractivity contribution < 1.29 is 14.3 Å². The summed E-state index contributed by atoms with van der Waals surface area (Å²) >= 11 is 0. The van der Waals surface area contributed by atoms with Gasteiger partial charge in [0.15, 0.2) is 0 Å². The molecule has 7 heteroatoms. The summed E-state index contributed by atoms with van der Waals surface area (Å²) in [4.78, 5) is 30.0. The van der Waals surface area contributed by atoms with Gasteiger partial charge in [-0.05, 0) is 18.9 Å². The fourth-order valence-electron chi connectivity index (χ4n) is 4.81. The molecule has 4 rings (SSSR count). The van der Waals surface area contributed by atoms with Gasteiger partial charge >= 0.3 is 0 Å². The van der Waals surface area contributed by atoms with E-state index in [0.717, 1.165) is 18.5 Å². The summed E-state index contributed by atoms with van der Waals surface area (Å²) in [6, 6.07) is 2.05. The summed E-state index contributed by atoms with van der Waals surface area (Å²) in [5, 5.41) is 6.80. The maximum Gasteiger partial charge on any atom is 0.230 e. The Morgan fingerprint density at radius 3 is 2.92 bits per heavy atom. The Bertz CT molecular complexity index is 727. The van der Waals surface area contributed by atoms with E-state index in [9.17, 15) is 9.59 Å². The number of carbonyl (C=O) groups is 2. The quantitative estimate of drug-likeness (QED) is 0.779. The van der Waals surface area contributed by atoms with Crippen molar-refractivity contribution in [2.75, 3.05) is 13.6 Å².